The summed E-state index contributed by atoms with van der Waals surface area (Å²) in [4.78, 5) is 31.7. The van der Waals surface area contributed by atoms with Gasteiger partial charge in [-0.3, -0.25) is 14.6 Å². The number of likely N-dealkylation sites (tertiary alicyclic amines) is 1. The lowest BCUT2D eigenvalue weighted by molar-refractivity contribution is -0.140. The van der Waals surface area contributed by atoms with Crippen molar-refractivity contribution in [1.82, 2.24) is 9.88 Å². The van der Waals surface area contributed by atoms with Crippen molar-refractivity contribution >= 4 is 17.4 Å². The van der Waals surface area contributed by atoms with Gasteiger partial charge in [0, 0.05) is 24.5 Å². The van der Waals surface area contributed by atoms with E-state index in [1.165, 1.54) is 4.90 Å². The number of aromatic nitrogens is 1. The minimum Gasteiger partial charge on any atom is -0.507 e. The molecule has 162 valence electrons. The summed E-state index contributed by atoms with van der Waals surface area (Å²) in [7, 11) is 0. The number of carbonyl (C=O) groups excluding carboxylic acids is 2. The predicted octanol–water partition coefficient (Wildman–Crippen LogP) is 4.49. The first kappa shape index (κ1) is 21.3. The predicted molar refractivity (Wildman–Crippen MR) is 121 cm³/mol. The highest BCUT2D eigenvalue weighted by Gasteiger charge is 2.46. The van der Waals surface area contributed by atoms with Crippen molar-refractivity contribution in [3.8, 4) is 5.75 Å². The second kappa shape index (κ2) is 9.47. The van der Waals surface area contributed by atoms with Gasteiger partial charge in [-0.2, -0.15) is 0 Å². The van der Waals surface area contributed by atoms with Crippen molar-refractivity contribution < 1.29 is 19.4 Å². The summed E-state index contributed by atoms with van der Waals surface area (Å²) >= 11 is 0. The molecule has 1 fully saturated rings. The van der Waals surface area contributed by atoms with E-state index in [9.17, 15) is 14.7 Å². The van der Waals surface area contributed by atoms with Gasteiger partial charge in [0.15, 0.2) is 0 Å². The monoisotopic (exact) mass is 428 g/mol. The molecule has 2 aromatic carbocycles. The Morgan fingerprint density at radius 2 is 1.78 bits per heavy atom. The molecular weight excluding hydrogens is 404 g/mol. The van der Waals surface area contributed by atoms with Crippen LogP contribution in [0.15, 0.2) is 84.7 Å². The van der Waals surface area contributed by atoms with Crippen LogP contribution >= 0.6 is 0 Å². The molecule has 1 atom stereocenters. The quantitative estimate of drug-likeness (QED) is 0.341. The Balaban J connectivity index is 1.80. The Bertz CT molecular complexity index is 1140. The van der Waals surface area contributed by atoms with E-state index in [2.05, 4.69) is 4.98 Å². The number of ketones is 1. The molecule has 1 aliphatic rings. The molecule has 1 aliphatic heterocycles. The molecule has 0 bridgehead atoms. The second-order valence-electron chi connectivity index (χ2n) is 7.57. The lowest BCUT2D eigenvalue weighted by Crippen LogP contribution is -2.29. The largest absolute Gasteiger partial charge is 0.507 e. The van der Waals surface area contributed by atoms with Crippen LogP contribution in [0, 0.1) is 0 Å². The van der Waals surface area contributed by atoms with Gasteiger partial charge in [0.25, 0.3) is 11.7 Å². The van der Waals surface area contributed by atoms with Crippen molar-refractivity contribution in [2.45, 2.75) is 25.9 Å². The van der Waals surface area contributed by atoms with Crippen LogP contribution in [-0.2, 0) is 16.1 Å². The smallest absolute Gasteiger partial charge is 0.295 e. The molecule has 0 spiro atoms. The molecule has 0 saturated carbocycles. The third kappa shape index (κ3) is 4.25. The van der Waals surface area contributed by atoms with E-state index < -0.39 is 17.7 Å². The van der Waals surface area contributed by atoms with Crippen molar-refractivity contribution in [2.24, 2.45) is 0 Å². The first-order chi connectivity index (χ1) is 15.6. The Kier molecular flexibility index (Phi) is 6.31. The fourth-order valence-corrected chi connectivity index (χ4v) is 3.82. The number of benzene rings is 2. The van der Waals surface area contributed by atoms with Crippen LogP contribution in [0.1, 0.15) is 36.1 Å². The van der Waals surface area contributed by atoms with E-state index in [0.29, 0.717) is 17.9 Å². The van der Waals surface area contributed by atoms with Crippen LogP contribution < -0.4 is 4.74 Å². The summed E-state index contributed by atoms with van der Waals surface area (Å²) in [6.45, 7) is 2.78. The Labute approximate surface area is 186 Å². The first-order valence-electron chi connectivity index (χ1n) is 10.6. The van der Waals surface area contributed by atoms with Crippen molar-refractivity contribution in [3.63, 3.8) is 0 Å². The molecule has 1 N–H and O–H groups in total. The summed E-state index contributed by atoms with van der Waals surface area (Å²) < 4.78 is 5.67. The maximum absolute atomic E-state index is 13.1. The van der Waals surface area contributed by atoms with Crippen molar-refractivity contribution in [3.05, 3.63) is 101 Å². The van der Waals surface area contributed by atoms with E-state index in [0.717, 1.165) is 17.5 Å². The molecule has 1 unspecified atom stereocenters. The van der Waals surface area contributed by atoms with Crippen LogP contribution in [0.3, 0.4) is 0 Å². The highest BCUT2D eigenvalue weighted by molar-refractivity contribution is 6.46. The molecule has 32 heavy (non-hydrogen) atoms. The van der Waals surface area contributed by atoms with Gasteiger partial charge in [-0.1, -0.05) is 49.4 Å². The molecule has 6 heteroatoms. The number of ether oxygens (including phenoxy) is 1. The molecule has 1 aromatic heterocycles. The number of hydrogen-bond acceptors (Lipinski definition) is 5. The van der Waals surface area contributed by atoms with Crippen molar-refractivity contribution in [2.75, 3.05) is 6.61 Å². The van der Waals surface area contributed by atoms with Gasteiger partial charge in [-0.05, 0) is 41.8 Å². The molecule has 0 aliphatic carbocycles. The number of hydrogen-bond donors (Lipinski definition) is 1. The van der Waals surface area contributed by atoms with E-state index in [-0.39, 0.29) is 17.9 Å². The van der Waals surface area contributed by atoms with E-state index in [4.69, 9.17) is 4.74 Å². The van der Waals surface area contributed by atoms with Gasteiger partial charge in [-0.15, -0.1) is 0 Å². The third-order valence-corrected chi connectivity index (χ3v) is 5.34. The molecule has 4 rings (SSSR count). The van der Waals surface area contributed by atoms with Crippen LogP contribution in [0.4, 0.5) is 0 Å². The Morgan fingerprint density at radius 3 is 2.50 bits per heavy atom. The summed E-state index contributed by atoms with van der Waals surface area (Å²) in [5.41, 5.74) is 2.10. The highest BCUT2D eigenvalue weighted by Crippen LogP contribution is 2.40. The average Bonchev–Trinajstić information content (AvgIpc) is 3.08. The maximum Gasteiger partial charge on any atom is 0.295 e. The zero-order chi connectivity index (χ0) is 22.5. The number of amides is 1. The number of carbonyl (C=O) groups is 2. The highest BCUT2D eigenvalue weighted by atomic mass is 16.5. The normalized spacial score (nSPS) is 17.5. The topological polar surface area (TPSA) is 79.7 Å². The minimum atomic E-state index is -0.704. The minimum absolute atomic E-state index is 0.0721. The second-order valence-corrected chi connectivity index (χ2v) is 7.57. The van der Waals surface area contributed by atoms with E-state index in [1.54, 1.807) is 48.8 Å². The number of rotatable bonds is 7. The molecule has 0 radical (unpaired) electrons. The molecular formula is C26H24N2O4. The summed E-state index contributed by atoms with van der Waals surface area (Å²) in [5, 5.41) is 11.2. The third-order valence-electron chi connectivity index (χ3n) is 5.34. The lowest BCUT2D eigenvalue weighted by Gasteiger charge is -2.25. The van der Waals surface area contributed by atoms with Gasteiger partial charge < -0.3 is 14.7 Å². The standard InChI is InChI=1S/C26H24N2O4/c1-2-15-32-21-10-6-9-20(16-21)24(29)22-23(19-7-4-3-5-8-19)28(26(31)25(22)30)17-18-11-13-27-14-12-18/h3-14,16,23,29H,2,15,17H2,1H3/b24-22-. The number of Topliss-reactive ketones (excluding diaryl/α,β-unsaturated/α-hetero) is 1. The lowest BCUT2D eigenvalue weighted by atomic mass is 9.95. The SMILES string of the molecule is CCCOc1cccc(/C(O)=C2/C(=O)C(=O)N(Cc3ccncc3)C2c2ccccc2)c1. The van der Waals surface area contributed by atoms with Gasteiger partial charge in [0.05, 0.1) is 18.2 Å². The summed E-state index contributed by atoms with van der Waals surface area (Å²) in [6, 6.07) is 19.1. The number of aliphatic hydroxyl groups excluding tert-OH is 1. The Morgan fingerprint density at radius 1 is 1.03 bits per heavy atom. The van der Waals surface area contributed by atoms with Crippen LogP contribution in [0.2, 0.25) is 0 Å². The molecule has 1 amide bonds. The van der Waals surface area contributed by atoms with Gasteiger partial charge in [-0.25, -0.2) is 0 Å². The summed E-state index contributed by atoms with van der Waals surface area (Å²) in [6.07, 6.45) is 4.14. The average molecular weight is 428 g/mol. The zero-order valence-electron chi connectivity index (χ0n) is 17.8. The van der Waals surface area contributed by atoms with Crippen LogP contribution in [0.5, 0.6) is 5.75 Å². The van der Waals surface area contributed by atoms with Crippen LogP contribution in [0.25, 0.3) is 5.76 Å². The van der Waals surface area contributed by atoms with Crippen LogP contribution in [-0.4, -0.2) is 33.3 Å². The molecule has 2 heterocycles. The fourth-order valence-electron chi connectivity index (χ4n) is 3.82. The van der Waals surface area contributed by atoms with E-state index in [1.807, 2.05) is 37.3 Å². The molecule has 3 aromatic rings. The van der Waals surface area contributed by atoms with Gasteiger partial charge >= 0.3 is 0 Å². The van der Waals surface area contributed by atoms with Gasteiger partial charge in [0.2, 0.25) is 0 Å². The first-order valence-corrected chi connectivity index (χ1v) is 10.6. The number of nitrogens with zero attached hydrogens (tertiary/aromatic N) is 2. The zero-order valence-corrected chi connectivity index (χ0v) is 17.8. The number of aliphatic hydroxyl groups is 1. The molecule has 6 nitrogen and oxygen atoms in total. The maximum atomic E-state index is 13.1. The number of pyridine rings is 1. The van der Waals surface area contributed by atoms with Crippen molar-refractivity contribution in [1.29, 1.82) is 0 Å². The summed E-state index contributed by atoms with van der Waals surface area (Å²) in [5.74, 6) is -0.963. The molecule has 1 saturated heterocycles. The Hall–Kier alpha value is -3.93. The fraction of sp³-hybridized carbons (Fsp3) is 0.192. The van der Waals surface area contributed by atoms with E-state index >= 15 is 0 Å². The van der Waals surface area contributed by atoms with Gasteiger partial charge in [0.1, 0.15) is 11.5 Å².